The number of amides is 1. The van der Waals surface area contributed by atoms with E-state index in [1.807, 2.05) is 52.5 Å². The summed E-state index contributed by atoms with van der Waals surface area (Å²) in [4.78, 5) is 18.5. The summed E-state index contributed by atoms with van der Waals surface area (Å²) in [6.45, 7) is 0.549. The Bertz CT molecular complexity index is 1450. The molecule has 0 saturated carbocycles. The molecule has 1 saturated heterocycles. The van der Waals surface area contributed by atoms with Crippen molar-refractivity contribution in [2.24, 2.45) is 5.92 Å². The number of aromatic nitrogens is 2. The van der Waals surface area contributed by atoms with Gasteiger partial charge in [-0.2, -0.15) is 9.57 Å². The molecule has 34 heavy (non-hydrogen) atoms. The summed E-state index contributed by atoms with van der Waals surface area (Å²) in [5.74, 6) is -0.363. The highest BCUT2D eigenvalue weighted by Gasteiger charge is 2.32. The van der Waals surface area contributed by atoms with Crippen LogP contribution in [-0.4, -0.2) is 41.1 Å². The van der Waals surface area contributed by atoms with Crippen LogP contribution in [0.25, 0.3) is 16.2 Å². The number of thiazole rings is 1. The molecule has 0 spiro atoms. The molecule has 10 heteroatoms. The van der Waals surface area contributed by atoms with Crippen molar-refractivity contribution < 1.29 is 13.2 Å². The molecule has 1 fully saturated rings. The normalized spacial score (nSPS) is 15.3. The monoisotopic (exact) mass is 491 g/mol. The van der Waals surface area contributed by atoms with Crippen molar-refractivity contribution >= 4 is 37.9 Å². The van der Waals surface area contributed by atoms with Gasteiger partial charge in [-0.05, 0) is 49.2 Å². The van der Waals surface area contributed by atoms with Gasteiger partial charge < -0.3 is 5.32 Å². The number of anilines is 1. The topological polar surface area (TPSA) is 108 Å². The number of benzene rings is 2. The Labute approximate surface area is 201 Å². The van der Waals surface area contributed by atoms with Crippen LogP contribution in [0.3, 0.4) is 0 Å². The van der Waals surface area contributed by atoms with E-state index >= 15 is 0 Å². The molecule has 0 unspecified atom stereocenters. The van der Waals surface area contributed by atoms with Crippen LogP contribution in [0.15, 0.2) is 71.2 Å². The summed E-state index contributed by atoms with van der Waals surface area (Å²) in [7, 11) is -3.65. The van der Waals surface area contributed by atoms with Gasteiger partial charge in [0.25, 0.3) is 0 Å². The first-order valence-electron chi connectivity index (χ1n) is 10.8. The summed E-state index contributed by atoms with van der Waals surface area (Å²) in [6.07, 6.45) is 4.83. The van der Waals surface area contributed by atoms with E-state index in [9.17, 15) is 13.2 Å². The van der Waals surface area contributed by atoms with Gasteiger partial charge in [0.05, 0.1) is 22.2 Å². The van der Waals surface area contributed by atoms with E-state index in [1.54, 1.807) is 11.3 Å². The predicted octanol–water partition coefficient (Wildman–Crippen LogP) is 3.97. The summed E-state index contributed by atoms with van der Waals surface area (Å²) in [5.41, 5.74) is 2.95. The lowest BCUT2D eigenvalue weighted by atomic mass is 9.97. The predicted molar refractivity (Wildman–Crippen MR) is 130 cm³/mol. The maximum Gasteiger partial charge on any atom is 0.243 e. The molecule has 1 amide bonds. The van der Waals surface area contributed by atoms with Crippen molar-refractivity contribution in [1.29, 1.82) is 5.26 Å². The van der Waals surface area contributed by atoms with E-state index in [0.29, 0.717) is 24.1 Å². The van der Waals surface area contributed by atoms with Crippen LogP contribution in [0.2, 0.25) is 0 Å². The van der Waals surface area contributed by atoms with Crippen molar-refractivity contribution in [3.63, 3.8) is 0 Å². The standard InChI is InChI=1S/C24H21N5O3S2/c25-15-17-1-7-21(8-2-17)34(31,32)29-11-9-19(10-12-29)23(30)26-20-5-3-18(4-6-20)22-16-28-13-14-33-24(28)27-22/h1-8,13-14,16,19H,9-12H2,(H,26,30). The molecule has 0 aliphatic carbocycles. The second-order valence-electron chi connectivity index (χ2n) is 8.10. The lowest BCUT2D eigenvalue weighted by Crippen LogP contribution is -2.41. The molecule has 3 heterocycles. The van der Waals surface area contributed by atoms with Gasteiger partial charge in [0.2, 0.25) is 15.9 Å². The quantitative estimate of drug-likeness (QED) is 0.454. The number of sulfonamides is 1. The molecule has 2 aromatic heterocycles. The van der Waals surface area contributed by atoms with Crippen LogP contribution in [-0.2, 0) is 14.8 Å². The zero-order valence-corrected chi connectivity index (χ0v) is 19.7. The maximum atomic E-state index is 12.9. The Hall–Kier alpha value is -3.52. The molecule has 5 rings (SSSR count). The van der Waals surface area contributed by atoms with Crippen LogP contribution >= 0.6 is 11.3 Å². The van der Waals surface area contributed by atoms with Gasteiger partial charge in [-0.1, -0.05) is 12.1 Å². The van der Waals surface area contributed by atoms with E-state index in [4.69, 9.17) is 5.26 Å². The van der Waals surface area contributed by atoms with Gasteiger partial charge >= 0.3 is 0 Å². The van der Waals surface area contributed by atoms with E-state index in [-0.39, 0.29) is 29.8 Å². The minimum atomic E-state index is -3.65. The molecule has 2 aromatic carbocycles. The molecule has 1 aliphatic heterocycles. The number of nitriles is 1. The second kappa shape index (κ2) is 9.02. The largest absolute Gasteiger partial charge is 0.326 e. The minimum absolute atomic E-state index is 0.106. The number of rotatable bonds is 5. The van der Waals surface area contributed by atoms with Crippen LogP contribution in [0.1, 0.15) is 18.4 Å². The SMILES string of the molecule is N#Cc1ccc(S(=O)(=O)N2CCC(C(=O)Nc3ccc(-c4cn5ccsc5n4)cc3)CC2)cc1. The first-order valence-corrected chi connectivity index (χ1v) is 13.1. The van der Waals surface area contributed by atoms with Gasteiger partial charge in [0.1, 0.15) is 0 Å². The number of nitrogens with one attached hydrogen (secondary N) is 1. The highest BCUT2D eigenvalue weighted by atomic mass is 32.2. The van der Waals surface area contributed by atoms with Crippen LogP contribution < -0.4 is 5.32 Å². The zero-order chi connectivity index (χ0) is 23.7. The Morgan fingerprint density at radius 2 is 1.79 bits per heavy atom. The number of carbonyl (C=O) groups excluding carboxylic acids is 1. The molecule has 172 valence electrons. The average molecular weight is 492 g/mol. The molecule has 0 atom stereocenters. The first-order chi connectivity index (χ1) is 16.4. The molecular weight excluding hydrogens is 470 g/mol. The van der Waals surface area contributed by atoms with Gasteiger partial charge in [-0.3, -0.25) is 9.20 Å². The fourth-order valence-electron chi connectivity index (χ4n) is 4.04. The van der Waals surface area contributed by atoms with Gasteiger partial charge in [-0.25, -0.2) is 13.4 Å². The number of carbonyl (C=O) groups is 1. The van der Waals surface area contributed by atoms with Gasteiger partial charge in [0, 0.05) is 48.0 Å². The number of imidazole rings is 1. The van der Waals surface area contributed by atoms with E-state index < -0.39 is 10.0 Å². The Morgan fingerprint density at radius 1 is 1.09 bits per heavy atom. The number of hydrogen-bond acceptors (Lipinski definition) is 6. The summed E-state index contributed by atoms with van der Waals surface area (Å²) in [6, 6.07) is 15.4. The highest BCUT2D eigenvalue weighted by Crippen LogP contribution is 2.26. The molecule has 4 aromatic rings. The van der Waals surface area contributed by atoms with E-state index in [2.05, 4.69) is 10.3 Å². The number of fused-ring (bicyclic) bond motifs is 1. The maximum absolute atomic E-state index is 12.9. The molecule has 0 bridgehead atoms. The van der Waals surface area contributed by atoms with Crippen molar-refractivity contribution in [2.75, 3.05) is 18.4 Å². The van der Waals surface area contributed by atoms with Crippen LogP contribution in [0, 0.1) is 17.2 Å². The molecule has 1 N–H and O–H groups in total. The smallest absolute Gasteiger partial charge is 0.243 e. The Morgan fingerprint density at radius 3 is 2.44 bits per heavy atom. The van der Waals surface area contributed by atoms with Crippen LogP contribution in [0.4, 0.5) is 5.69 Å². The summed E-state index contributed by atoms with van der Waals surface area (Å²) < 4.78 is 29.1. The number of hydrogen-bond donors (Lipinski definition) is 1. The Balaban J connectivity index is 1.18. The number of piperidine rings is 1. The molecular formula is C24H21N5O3S2. The highest BCUT2D eigenvalue weighted by molar-refractivity contribution is 7.89. The average Bonchev–Trinajstić information content (AvgIpc) is 3.47. The Kier molecular flexibility index (Phi) is 5.91. The zero-order valence-electron chi connectivity index (χ0n) is 18.1. The summed E-state index contributed by atoms with van der Waals surface area (Å²) >= 11 is 1.57. The molecule has 8 nitrogen and oxygen atoms in total. The minimum Gasteiger partial charge on any atom is -0.326 e. The molecule has 1 aliphatic rings. The van der Waals surface area contributed by atoms with Crippen molar-refractivity contribution in [2.45, 2.75) is 17.7 Å². The third kappa shape index (κ3) is 4.33. The fraction of sp³-hybridized carbons (Fsp3) is 0.208. The van der Waals surface area contributed by atoms with E-state index in [1.165, 1.54) is 28.6 Å². The van der Waals surface area contributed by atoms with Crippen molar-refractivity contribution in [1.82, 2.24) is 13.7 Å². The van der Waals surface area contributed by atoms with Crippen molar-refractivity contribution in [3.05, 3.63) is 71.9 Å². The lowest BCUT2D eigenvalue weighted by molar-refractivity contribution is -0.120. The van der Waals surface area contributed by atoms with Gasteiger partial charge in [0.15, 0.2) is 4.96 Å². The lowest BCUT2D eigenvalue weighted by Gasteiger charge is -2.30. The fourth-order valence-corrected chi connectivity index (χ4v) is 6.21. The van der Waals surface area contributed by atoms with Gasteiger partial charge in [-0.15, -0.1) is 11.3 Å². The third-order valence-electron chi connectivity index (χ3n) is 5.99. The van der Waals surface area contributed by atoms with Crippen LogP contribution in [0.5, 0.6) is 0 Å². The first kappa shape index (κ1) is 22.3. The van der Waals surface area contributed by atoms with Crippen molar-refractivity contribution in [3.8, 4) is 17.3 Å². The second-order valence-corrected chi connectivity index (χ2v) is 10.9. The molecule has 0 radical (unpaired) electrons. The summed E-state index contributed by atoms with van der Waals surface area (Å²) in [5, 5.41) is 13.8. The van der Waals surface area contributed by atoms with E-state index in [0.717, 1.165) is 16.2 Å². The number of nitrogens with zero attached hydrogens (tertiary/aromatic N) is 4. The third-order valence-corrected chi connectivity index (χ3v) is 8.67.